The second kappa shape index (κ2) is 14.1. The van der Waals surface area contributed by atoms with Gasteiger partial charge < -0.3 is 15.4 Å². The van der Waals surface area contributed by atoms with Gasteiger partial charge in [-0.1, -0.05) is 36.4 Å². The maximum absolute atomic E-state index is 12.3. The Morgan fingerprint density at radius 1 is 1.20 bits per heavy atom. The zero-order valence-corrected chi connectivity index (χ0v) is 21.3. The molecule has 2 atom stereocenters. The van der Waals surface area contributed by atoms with Crippen LogP contribution in [0.25, 0.3) is 0 Å². The van der Waals surface area contributed by atoms with E-state index in [0.717, 1.165) is 44.4 Å². The topological polar surface area (TPSA) is 66.0 Å². The highest BCUT2D eigenvalue weighted by Crippen LogP contribution is 2.25. The summed E-state index contributed by atoms with van der Waals surface area (Å²) in [4.78, 5) is 8.13. The van der Waals surface area contributed by atoms with Gasteiger partial charge >= 0.3 is 0 Å². The van der Waals surface area contributed by atoms with Gasteiger partial charge in [0.25, 0.3) is 0 Å². The fraction of sp³-hybridized carbons (Fsp3) is 0.476. The average molecular weight is 563 g/mol. The van der Waals surface area contributed by atoms with Gasteiger partial charge in [-0.3, -0.25) is 14.1 Å². The second-order valence-electron chi connectivity index (χ2n) is 6.83. The third-order valence-corrected chi connectivity index (χ3v) is 7.13. The Bertz CT molecular complexity index is 769. The Hall–Kier alpha value is -1.01. The Balaban J connectivity index is 0.00000320. The molecule has 3 rings (SSSR count). The number of halogens is 1. The molecule has 9 heteroatoms. The Morgan fingerprint density at radius 2 is 1.97 bits per heavy atom. The molecule has 30 heavy (non-hydrogen) atoms. The molecule has 166 valence electrons. The van der Waals surface area contributed by atoms with Crippen molar-refractivity contribution in [2.45, 2.75) is 11.8 Å². The molecule has 1 aromatic carbocycles. The molecule has 0 aliphatic carbocycles. The third-order valence-electron chi connectivity index (χ3n) is 4.84. The lowest BCUT2D eigenvalue weighted by Crippen LogP contribution is -2.46. The van der Waals surface area contributed by atoms with Crippen molar-refractivity contribution in [1.29, 1.82) is 0 Å². The van der Waals surface area contributed by atoms with E-state index in [1.165, 1.54) is 4.88 Å². The summed E-state index contributed by atoms with van der Waals surface area (Å²) in [5, 5.41) is 8.86. The van der Waals surface area contributed by atoms with Gasteiger partial charge in [-0.25, -0.2) is 0 Å². The van der Waals surface area contributed by atoms with Crippen LogP contribution in [0.2, 0.25) is 0 Å². The van der Waals surface area contributed by atoms with E-state index in [9.17, 15) is 4.21 Å². The van der Waals surface area contributed by atoms with Crippen LogP contribution in [0.4, 0.5) is 0 Å². The molecule has 0 spiro atoms. The molecule has 1 saturated heterocycles. The summed E-state index contributed by atoms with van der Waals surface area (Å²) in [5.41, 5.74) is 1.11. The minimum absolute atomic E-state index is 0. The number of rotatable bonds is 9. The molecule has 0 bridgehead atoms. The SMILES string of the molecule is CN=C(NCCS(=O)Cc1ccccc1)NCC(c1cccs1)N1CCOCC1.I. The minimum atomic E-state index is -0.896. The van der Waals surface area contributed by atoms with Gasteiger partial charge in [-0.2, -0.15) is 0 Å². The number of hydrogen-bond donors (Lipinski definition) is 2. The monoisotopic (exact) mass is 562 g/mol. The highest BCUT2D eigenvalue weighted by atomic mass is 127. The van der Waals surface area contributed by atoms with Crippen LogP contribution in [0.15, 0.2) is 52.8 Å². The molecule has 1 aliphatic heterocycles. The molecule has 2 aromatic rings. The van der Waals surface area contributed by atoms with Crippen molar-refractivity contribution in [3.8, 4) is 0 Å². The molecule has 0 radical (unpaired) electrons. The number of ether oxygens (including phenoxy) is 1. The van der Waals surface area contributed by atoms with Crippen LogP contribution in [0, 0.1) is 0 Å². The number of hydrogen-bond acceptors (Lipinski definition) is 5. The summed E-state index contributed by atoms with van der Waals surface area (Å²) in [6, 6.07) is 14.6. The van der Waals surface area contributed by atoms with Crippen LogP contribution in [-0.4, -0.2) is 67.3 Å². The minimum Gasteiger partial charge on any atom is -0.379 e. The first-order chi connectivity index (χ1) is 14.3. The van der Waals surface area contributed by atoms with Gasteiger partial charge in [0, 0.05) is 60.4 Å². The van der Waals surface area contributed by atoms with E-state index in [4.69, 9.17) is 4.74 Å². The summed E-state index contributed by atoms with van der Waals surface area (Å²) in [6.07, 6.45) is 0. The van der Waals surface area contributed by atoms with Crippen molar-refractivity contribution in [3.63, 3.8) is 0 Å². The number of nitrogens with one attached hydrogen (secondary N) is 2. The molecular weight excluding hydrogens is 531 g/mol. The van der Waals surface area contributed by atoms with Crippen LogP contribution in [0.3, 0.4) is 0 Å². The van der Waals surface area contributed by atoms with Crippen LogP contribution in [0.5, 0.6) is 0 Å². The maximum Gasteiger partial charge on any atom is 0.191 e. The summed E-state index contributed by atoms with van der Waals surface area (Å²) >= 11 is 1.78. The molecular formula is C21H31IN4O2S2. The van der Waals surface area contributed by atoms with Gasteiger partial charge in [-0.15, -0.1) is 35.3 Å². The normalized spacial score (nSPS) is 17.0. The molecule has 2 heterocycles. The highest BCUT2D eigenvalue weighted by Gasteiger charge is 2.23. The molecule has 1 aliphatic rings. The van der Waals surface area contributed by atoms with E-state index in [2.05, 4.69) is 38.0 Å². The van der Waals surface area contributed by atoms with Crippen molar-refractivity contribution in [2.24, 2.45) is 4.99 Å². The average Bonchev–Trinajstić information content (AvgIpc) is 3.28. The number of nitrogens with zero attached hydrogens (tertiary/aromatic N) is 2. The van der Waals surface area contributed by atoms with Crippen molar-refractivity contribution < 1.29 is 8.95 Å². The standard InChI is InChI=1S/C21H30N4O2S2.HI/c1-22-21(23-9-15-29(26)17-18-6-3-2-4-7-18)24-16-19(20-8-5-14-28-20)25-10-12-27-13-11-25;/h2-8,14,19H,9-13,15-17H2,1H3,(H2,22,23,24);1H. The first kappa shape index (κ1) is 25.3. The van der Waals surface area contributed by atoms with E-state index in [1.807, 2.05) is 30.3 Å². The molecule has 2 N–H and O–H groups in total. The van der Waals surface area contributed by atoms with Gasteiger partial charge in [0.05, 0.1) is 19.3 Å². The predicted molar refractivity (Wildman–Crippen MR) is 137 cm³/mol. The molecule has 1 fully saturated rings. The zero-order chi connectivity index (χ0) is 20.3. The Labute approximate surface area is 203 Å². The van der Waals surface area contributed by atoms with E-state index >= 15 is 0 Å². The van der Waals surface area contributed by atoms with Crippen LogP contribution >= 0.6 is 35.3 Å². The second-order valence-corrected chi connectivity index (χ2v) is 9.39. The van der Waals surface area contributed by atoms with Gasteiger partial charge in [0.2, 0.25) is 0 Å². The number of morpholine rings is 1. The van der Waals surface area contributed by atoms with Crippen molar-refractivity contribution >= 4 is 52.1 Å². The first-order valence-electron chi connectivity index (χ1n) is 9.95. The summed E-state index contributed by atoms with van der Waals surface area (Å²) in [6.45, 7) is 4.83. The Kier molecular flexibility index (Phi) is 11.9. The lowest BCUT2D eigenvalue weighted by Gasteiger charge is -2.34. The molecule has 0 amide bonds. The van der Waals surface area contributed by atoms with Crippen molar-refractivity contribution in [2.75, 3.05) is 52.2 Å². The third kappa shape index (κ3) is 8.26. The van der Waals surface area contributed by atoms with E-state index in [-0.39, 0.29) is 24.0 Å². The lowest BCUT2D eigenvalue weighted by atomic mass is 10.2. The zero-order valence-electron chi connectivity index (χ0n) is 17.3. The fourth-order valence-corrected chi connectivity index (χ4v) is 5.21. The first-order valence-corrected chi connectivity index (χ1v) is 12.3. The van der Waals surface area contributed by atoms with E-state index in [1.54, 1.807) is 18.4 Å². The van der Waals surface area contributed by atoms with Crippen LogP contribution in [-0.2, 0) is 21.3 Å². The molecule has 6 nitrogen and oxygen atoms in total. The number of thiophene rings is 1. The quantitative estimate of drug-likeness (QED) is 0.280. The lowest BCUT2D eigenvalue weighted by molar-refractivity contribution is 0.0177. The Morgan fingerprint density at radius 3 is 2.63 bits per heavy atom. The van der Waals surface area contributed by atoms with Gasteiger partial charge in [-0.05, 0) is 17.0 Å². The number of guanidine groups is 1. The summed E-state index contributed by atoms with van der Waals surface area (Å²) in [7, 11) is 0.873. The van der Waals surface area contributed by atoms with Crippen LogP contribution in [0.1, 0.15) is 16.5 Å². The number of benzene rings is 1. The molecule has 0 saturated carbocycles. The van der Waals surface area contributed by atoms with Crippen LogP contribution < -0.4 is 10.6 Å². The number of aliphatic imine (C=N–C) groups is 1. The van der Waals surface area contributed by atoms with E-state index in [0.29, 0.717) is 24.1 Å². The van der Waals surface area contributed by atoms with Gasteiger partial charge in [0.15, 0.2) is 5.96 Å². The highest BCUT2D eigenvalue weighted by molar-refractivity contribution is 14.0. The molecule has 1 aromatic heterocycles. The maximum atomic E-state index is 12.3. The molecule has 2 unspecified atom stereocenters. The van der Waals surface area contributed by atoms with Crippen molar-refractivity contribution in [3.05, 3.63) is 58.3 Å². The van der Waals surface area contributed by atoms with Crippen molar-refractivity contribution in [1.82, 2.24) is 15.5 Å². The largest absolute Gasteiger partial charge is 0.379 e. The van der Waals surface area contributed by atoms with E-state index < -0.39 is 10.8 Å². The van der Waals surface area contributed by atoms with Gasteiger partial charge in [0.1, 0.15) is 0 Å². The summed E-state index contributed by atoms with van der Waals surface area (Å²) < 4.78 is 17.8. The smallest absolute Gasteiger partial charge is 0.191 e. The predicted octanol–water partition coefficient (Wildman–Crippen LogP) is 2.85. The fourth-order valence-electron chi connectivity index (χ4n) is 3.31. The summed E-state index contributed by atoms with van der Waals surface area (Å²) in [5.74, 6) is 1.93.